The van der Waals surface area contributed by atoms with Gasteiger partial charge >= 0.3 is 5.97 Å². The summed E-state index contributed by atoms with van der Waals surface area (Å²) in [6.45, 7) is 5.64. The molecule has 0 aliphatic rings. The summed E-state index contributed by atoms with van der Waals surface area (Å²) in [6.07, 6.45) is 0. The van der Waals surface area contributed by atoms with E-state index in [0.717, 1.165) is 27.3 Å². The van der Waals surface area contributed by atoms with Crippen LogP contribution in [-0.2, 0) is 0 Å². The number of halogens is 2. The number of benzene rings is 2. The van der Waals surface area contributed by atoms with Crippen molar-refractivity contribution < 1.29 is 14.7 Å². The maximum Gasteiger partial charge on any atom is 0.348 e. The van der Waals surface area contributed by atoms with E-state index in [-0.39, 0.29) is 27.4 Å². The van der Waals surface area contributed by atoms with Gasteiger partial charge in [-0.2, -0.15) is 0 Å². The van der Waals surface area contributed by atoms with Crippen LogP contribution in [0.4, 0.5) is 5.69 Å². The van der Waals surface area contributed by atoms with Crippen molar-refractivity contribution in [3.05, 3.63) is 74.6 Å². The standard InChI is InChI=1S/C22H19Cl2NO3S/c1-12(2)25(21(26)16-8-7-15(23)10-17(16)24)18-11-19(29-20(18)22(27)28)14-6-4-5-13(3)9-14/h4-12H,1-3H3,(H,27,28). The number of rotatable bonds is 5. The molecule has 0 aliphatic heterocycles. The molecule has 0 saturated carbocycles. The zero-order chi connectivity index (χ0) is 21.3. The highest BCUT2D eigenvalue weighted by Gasteiger charge is 2.29. The van der Waals surface area contributed by atoms with Gasteiger partial charge < -0.3 is 10.0 Å². The number of amides is 1. The zero-order valence-corrected chi connectivity index (χ0v) is 18.4. The monoisotopic (exact) mass is 447 g/mol. The van der Waals surface area contributed by atoms with Crippen LogP contribution in [0.25, 0.3) is 10.4 Å². The lowest BCUT2D eigenvalue weighted by atomic mass is 10.1. The van der Waals surface area contributed by atoms with Gasteiger partial charge in [-0.1, -0.05) is 53.0 Å². The maximum atomic E-state index is 13.3. The van der Waals surface area contributed by atoms with Crippen molar-refractivity contribution in [2.75, 3.05) is 4.90 Å². The highest BCUT2D eigenvalue weighted by molar-refractivity contribution is 7.18. The van der Waals surface area contributed by atoms with E-state index in [0.29, 0.717) is 10.7 Å². The largest absolute Gasteiger partial charge is 0.477 e. The fraction of sp³-hybridized carbons (Fsp3) is 0.182. The summed E-state index contributed by atoms with van der Waals surface area (Å²) in [5.41, 5.74) is 2.60. The Morgan fingerprint density at radius 3 is 2.38 bits per heavy atom. The van der Waals surface area contributed by atoms with E-state index in [9.17, 15) is 14.7 Å². The number of carbonyl (C=O) groups excluding carboxylic acids is 1. The Morgan fingerprint density at radius 1 is 1.07 bits per heavy atom. The third-order valence-corrected chi connectivity index (χ3v) is 6.07. The van der Waals surface area contributed by atoms with Gasteiger partial charge in [0.15, 0.2) is 0 Å². The van der Waals surface area contributed by atoms with Gasteiger partial charge in [0, 0.05) is 15.9 Å². The third kappa shape index (κ3) is 4.47. The Balaban J connectivity index is 2.14. The minimum absolute atomic E-state index is 0.105. The summed E-state index contributed by atoms with van der Waals surface area (Å²) in [6, 6.07) is 13.9. The molecule has 1 amide bonds. The molecule has 0 radical (unpaired) electrons. The number of carboxylic acids is 1. The highest BCUT2D eigenvalue weighted by atomic mass is 35.5. The molecule has 29 heavy (non-hydrogen) atoms. The molecule has 3 rings (SSSR count). The first-order valence-electron chi connectivity index (χ1n) is 8.91. The first kappa shape index (κ1) is 21.4. The second-order valence-electron chi connectivity index (χ2n) is 6.89. The fourth-order valence-corrected chi connectivity index (χ4v) is 4.54. The van der Waals surface area contributed by atoms with Crippen LogP contribution in [0.15, 0.2) is 48.5 Å². The molecular formula is C22H19Cl2NO3S. The van der Waals surface area contributed by atoms with E-state index in [1.54, 1.807) is 18.2 Å². The van der Waals surface area contributed by atoms with Crippen molar-refractivity contribution in [1.82, 2.24) is 0 Å². The third-order valence-electron chi connectivity index (χ3n) is 4.37. The molecular weight excluding hydrogens is 429 g/mol. The van der Waals surface area contributed by atoms with Gasteiger partial charge in [0.25, 0.3) is 5.91 Å². The topological polar surface area (TPSA) is 57.6 Å². The van der Waals surface area contributed by atoms with E-state index in [1.807, 2.05) is 45.0 Å². The van der Waals surface area contributed by atoms with Crippen molar-refractivity contribution in [3.8, 4) is 10.4 Å². The van der Waals surface area contributed by atoms with Crippen molar-refractivity contribution >= 4 is 52.1 Å². The molecule has 0 unspecified atom stereocenters. The number of anilines is 1. The van der Waals surface area contributed by atoms with E-state index in [1.165, 1.54) is 11.0 Å². The molecule has 4 nitrogen and oxygen atoms in total. The maximum absolute atomic E-state index is 13.3. The number of carbonyl (C=O) groups is 2. The summed E-state index contributed by atoms with van der Waals surface area (Å²) in [4.78, 5) is 27.6. The van der Waals surface area contributed by atoms with E-state index in [2.05, 4.69) is 0 Å². The molecule has 0 fully saturated rings. The van der Waals surface area contributed by atoms with Gasteiger partial charge in [0.05, 0.1) is 16.3 Å². The number of thiophene rings is 1. The quantitative estimate of drug-likeness (QED) is 0.468. The Hall–Kier alpha value is -2.34. The van der Waals surface area contributed by atoms with Crippen LogP contribution in [0.1, 0.15) is 39.4 Å². The molecule has 0 spiro atoms. The number of nitrogens with zero attached hydrogens (tertiary/aromatic N) is 1. The van der Waals surface area contributed by atoms with Gasteiger partial charge in [0.1, 0.15) is 4.88 Å². The van der Waals surface area contributed by atoms with E-state index in [4.69, 9.17) is 23.2 Å². The number of hydrogen-bond acceptors (Lipinski definition) is 3. The van der Waals surface area contributed by atoms with Crippen molar-refractivity contribution in [2.45, 2.75) is 26.8 Å². The van der Waals surface area contributed by atoms with Crippen LogP contribution >= 0.6 is 34.5 Å². The predicted molar refractivity (Wildman–Crippen MR) is 120 cm³/mol. The van der Waals surface area contributed by atoms with Gasteiger partial charge in [-0.15, -0.1) is 11.3 Å². The van der Waals surface area contributed by atoms with Crippen LogP contribution in [-0.4, -0.2) is 23.0 Å². The number of aryl methyl sites for hydroxylation is 1. The molecule has 1 N–H and O–H groups in total. The molecule has 1 aromatic heterocycles. The Labute approximate surface area is 183 Å². The number of carboxylic acid groups (broad SMARTS) is 1. The molecule has 7 heteroatoms. The van der Waals surface area contributed by atoms with Crippen LogP contribution in [0.3, 0.4) is 0 Å². The average molecular weight is 448 g/mol. The average Bonchev–Trinajstić information content (AvgIpc) is 3.06. The van der Waals surface area contributed by atoms with E-state index < -0.39 is 5.97 Å². The minimum Gasteiger partial charge on any atom is -0.477 e. The Bertz CT molecular complexity index is 1090. The van der Waals surface area contributed by atoms with Gasteiger partial charge in [0.2, 0.25) is 0 Å². The van der Waals surface area contributed by atoms with Crippen molar-refractivity contribution in [2.24, 2.45) is 0 Å². The van der Waals surface area contributed by atoms with Crippen LogP contribution in [0.2, 0.25) is 10.0 Å². The minimum atomic E-state index is -1.08. The summed E-state index contributed by atoms with van der Waals surface area (Å²) < 4.78 is 0. The van der Waals surface area contributed by atoms with Crippen LogP contribution in [0, 0.1) is 6.92 Å². The molecule has 0 saturated heterocycles. The SMILES string of the molecule is Cc1cccc(-c2cc(N(C(=O)c3ccc(Cl)cc3Cl)C(C)C)c(C(=O)O)s2)c1. The normalized spacial score (nSPS) is 11.0. The highest BCUT2D eigenvalue weighted by Crippen LogP contribution is 2.39. The molecule has 0 atom stereocenters. The van der Waals surface area contributed by atoms with E-state index >= 15 is 0 Å². The molecule has 2 aromatic carbocycles. The smallest absolute Gasteiger partial charge is 0.348 e. The van der Waals surface area contributed by atoms with Crippen LogP contribution < -0.4 is 4.90 Å². The first-order chi connectivity index (χ1) is 13.7. The molecule has 1 heterocycles. The lowest BCUT2D eigenvalue weighted by molar-refractivity contribution is 0.0703. The molecule has 0 bridgehead atoms. The lowest BCUT2D eigenvalue weighted by Gasteiger charge is -2.27. The Morgan fingerprint density at radius 2 is 1.79 bits per heavy atom. The Kier molecular flexibility index (Phi) is 6.32. The van der Waals surface area contributed by atoms with Gasteiger partial charge in [-0.05, 0) is 50.6 Å². The lowest BCUT2D eigenvalue weighted by Crippen LogP contribution is -2.37. The summed E-state index contributed by atoms with van der Waals surface area (Å²) >= 11 is 13.3. The fourth-order valence-electron chi connectivity index (χ4n) is 3.07. The first-order valence-corrected chi connectivity index (χ1v) is 10.5. The second kappa shape index (κ2) is 8.57. The number of aromatic carboxylic acids is 1. The molecule has 3 aromatic rings. The van der Waals surface area contributed by atoms with Gasteiger partial charge in [-0.3, -0.25) is 4.79 Å². The summed E-state index contributed by atoms with van der Waals surface area (Å²) in [7, 11) is 0. The zero-order valence-electron chi connectivity index (χ0n) is 16.1. The summed E-state index contributed by atoms with van der Waals surface area (Å²) in [5.74, 6) is -1.46. The predicted octanol–water partition coefficient (Wildman–Crippen LogP) is 6.78. The summed E-state index contributed by atoms with van der Waals surface area (Å²) in [5, 5.41) is 10.4. The molecule has 150 valence electrons. The second-order valence-corrected chi connectivity index (χ2v) is 8.79. The number of hydrogen-bond donors (Lipinski definition) is 1. The molecule has 0 aliphatic carbocycles. The van der Waals surface area contributed by atoms with Crippen molar-refractivity contribution in [3.63, 3.8) is 0 Å². The van der Waals surface area contributed by atoms with Crippen LogP contribution in [0.5, 0.6) is 0 Å². The van der Waals surface area contributed by atoms with Gasteiger partial charge in [-0.25, -0.2) is 4.79 Å². The van der Waals surface area contributed by atoms with Crippen molar-refractivity contribution in [1.29, 1.82) is 0 Å².